The van der Waals surface area contributed by atoms with Crippen molar-refractivity contribution in [2.75, 3.05) is 13.1 Å². The predicted octanol–water partition coefficient (Wildman–Crippen LogP) is 2.70. The maximum absolute atomic E-state index is 4.57. The lowest BCUT2D eigenvalue weighted by atomic mass is 10.0. The van der Waals surface area contributed by atoms with Crippen molar-refractivity contribution in [2.45, 2.75) is 26.3 Å². The molecule has 1 fully saturated rings. The van der Waals surface area contributed by atoms with Crippen LogP contribution in [-0.2, 0) is 0 Å². The molecule has 0 radical (unpaired) electrons. The fourth-order valence-electron chi connectivity index (χ4n) is 2.67. The number of aryl methyl sites for hydroxylation is 2. The molecule has 1 aromatic heterocycles. The largest absolute Gasteiger partial charge is 0.327 e. The van der Waals surface area contributed by atoms with Gasteiger partial charge in [0.1, 0.15) is 5.82 Å². The molecule has 1 atom stereocenters. The van der Waals surface area contributed by atoms with E-state index in [9.17, 15) is 0 Å². The van der Waals surface area contributed by atoms with E-state index in [2.05, 4.69) is 53.1 Å². The Labute approximate surface area is 108 Å². The summed E-state index contributed by atoms with van der Waals surface area (Å²) in [6.45, 7) is 6.44. The van der Waals surface area contributed by atoms with E-state index in [1.54, 1.807) is 0 Å². The van der Waals surface area contributed by atoms with E-state index >= 15 is 0 Å². The summed E-state index contributed by atoms with van der Waals surface area (Å²) < 4.78 is 2.32. The van der Waals surface area contributed by atoms with Crippen LogP contribution >= 0.6 is 0 Å². The highest BCUT2D eigenvalue weighted by molar-refractivity contribution is 5.61. The summed E-state index contributed by atoms with van der Waals surface area (Å²) in [6.07, 6.45) is 5.21. The number of imidazole rings is 1. The van der Waals surface area contributed by atoms with Crippen LogP contribution in [0.2, 0.25) is 0 Å². The lowest BCUT2D eigenvalue weighted by Crippen LogP contribution is -2.13. The SMILES string of the molecule is Cc1ccc(C)c(-c2nccn2C2CCNC2)c1. The van der Waals surface area contributed by atoms with Gasteiger partial charge in [0, 0.05) is 30.5 Å². The summed E-state index contributed by atoms with van der Waals surface area (Å²) in [5, 5.41) is 3.42. The summed E-state index contributed by atoms with van der Waals surface area (Å²) in [5.41, 5.74) is 3.83. The number of aromatic nitrogens is 2. The van der Waals surface area contributed by atoms with Crippen molar-refractivity contribution in [1.82, 2.24) is 14.9 Å². The third-order valence-electron chi connectivity index (χ3n) is 3.73. The minimum Gasteiger partial charge on any atom is -0.327 e. The van der Waals surface area contributed by atoms with Gasteiger partial charge < -0.3 is 9.88 Å². The zero-order chi connectivity index (χ0) is 12.5. The number of nitrogens with zero attached hydrogens (tertiary/aromatic N) is 2. The molecular formula is C15H19N3. The molecule has 3 nitrogen and oxygen atoms in total. The van der Waals surface area contributed by atoms with Crippen molar-refractivity contribution >= 4 is 0 Å². The summed E-state index contributed by atoms with van der Waals surface area (Å²) in [4.78, 5) is 4.57. The smallest absolute Gasteiger partial charge is 0.140 e. The fraction of sp³-hybridized carbons (Fsp3) is 0.400. The minimum absolute atomic E-state index is 0.544. The topological polar surface area (TPSA) is 29.9 Å². The van der Waals surface area contributed by atoms with Gasteiger partial charge in [-0.25, -0.2) is 4.98 Å². The molecule has 3 heteroatoms. The predicted molar refractivity (Wildman–Crippen MR) is 73.7 cm³/mol. The molecule has 1 aliphatic heterocycles. The molecule has 0 aliphatic carbocycles. The normalized spacial score (nSPS) is 19.3. The lowest BCUT2D eigenvalue weighted by molar-refractivity contribution is 0.552. The molecule has 0 saturated carbocycles. The van der Waals surface area contributed by atoms with Gasteiger partial charge in [-0.2, -0.15) is 0 Å². The second-order valence-corrected chi connectivity index (χ2v) is 5.12. The van der Waals surface area contributed by atoms with E-state index < -0.39 is 0 Å². The van der Waals surface area contributed by atoms with Crippen molar-refractivity contribution < 1.29 is 0 Å². The van der Waals surface area contributed by atoms with E-state index in [1.165, 1.54) is 23.1 Å². The van der Waals surface area contributed by atoms with E-state index in [1.807, 2.05) is 6.20 Å². The molecule has 1 saturated heterocycles. The summed E-state index contributed by atoms with van der Waals surface area (Å²) >= 11 is 0. The van der Waals surface area contributed by atoms with E-state index in [4.69, 9.17) is 0 Å². The van der Waals surface area contributed by atoms with Gasteiger partial charge in [0.15, 0.2) is 0 Å². The minimum atomic E-state index is 0.544. The molecular weight excluding hydrogens is 222 g/mol. The van der Waals surface area contributed by atoms with Crippen LogP contribution in [0, 0.1) is 13.8 Å². The average Bonchev–Trinajstić information content (AvgIpc) is 3.00. The molecule has 0 spiro atoms. The van der Waals surface area contributed by atoms with Gasteiger partial charge in [-0.3, -0.25) is 0 Å². The van der Waals surface area contributed by atoms with Crippen LogP contribution in [0.3, 0.4) is 0 Å². The van der Waals surface area contributed by atoms with Crippen LogP contribution < -0.4 is 5.32 Å². The van der Waals surface area contributed by atoms with Gasteiger partial charge in [-0.05, 0) is 38.4 Å². The highest BCUT2D eigenvalue weighted by atomic mass is 15.1. The van der Waals surface area contributed by atoms with Crippen LogP contribution in [0.15, 0.2) is 30.6 Å². The number of benzene rings is 1. The zero-order valence-corrected chi connectivity index (χ0v) is 11.0. The summed E-state index contributed by atoms with van der Waals surface area (Å²) in [5.74, 6) is 1.10. The first-order valence-electron chi connectivity index (χ1n) is 6.57. The van der Waals surface area contributed by atoms with E-state index in [-0.39, 0.29) is 0 Å². The molecule has 94 valence electrons. The highest BCUT2D eigenvalue weighted by Gasteiger charge is 2.20. The van der Waals surface area contributed by atoms with Crippen LogP contribution in [0.4, 0.5) is 0 Å². The van der Waals surface area contributed by atoms with Crippen molar-refractivity contribution in [2.24, 2.45) is 0 Å². The second-order valence-electron chi connectivity index (χ2n) is 5.12. The van der Waals surface area contributed by atoms with Crippen LogP contribution in [0.5, 0.6) is 0 Å². The molecule has 1 N–H and O–H groups in total. The Balaban J connectivity index is 2.06. The van der Waals surface area contributed by atoms with Crippen molar-refractivity contribution in [3.05, 3.63) is 41.7 Å². The van der Waals surface area contributed by atoms with E-state index in [0.717, 1.165) is 18.9 Å². The third-order valence-corrected chi connectivity index (χ3v) is 3.73. The van der Waals surface area contributed by atoms with Crippen LogP contribution in [0.1, 0.15) is 23.6 Å². The molecule has 2 heterocycles. The Kier molecular flexibility index (Phi) is 2.92. The maximum atomic E-state index is 4.57. The number of hydrogen-bond donors (Lipinski definition) is 1. The Bertz CT molecular complexity index is 551. The molecule has 3 rings (SSSR count). The molecule has 1 aliphatic rings. The zero-order valence-electron chi connectivity index (χ0n) is 11.0. The van der Waals surface area contributed by atoms with E-state index in [0.29, 0.717) is 6.04 Å². The maximum Gasteiger partial charge on any atom is 0.140 e. The lowest BCUT2D eigenvalue weighted by Gasteiger charge is -2.15. The van der Waals surface area contributed by atoms with Gasteiger partial charge >= 0.3 is 0 Å². The van der Waals surface area contributed by atoms with Gasteiger partial charge in [-0.15, -0.1) is 0 Å². The number of nitrogens with one attached hydrogen (secondary N) is 1. The first kappa shape index (κ1) is 11.5. The summed E-state index contributed by atoms with van der Waals surface area (Å²) in [7, 11) is 0. The van der Waals surface area contributed by atoms with Crippen LogP contribution in [0.25, 0.3) is 11.4 Å². The molecule has 18 heavy (non-hydrogen) atoms. The Morgan fingerprint density at radius 2 is 2.22 bits per heavy atom. The van der Waals surface area contributed by atoms with Gasteiger partial charge in [0.2, 0.25) is 0 Å². The number of rotatable bonds is 2. The van der Waals surface area contributed by atoms with Gasteiger partial charge in [0.05, 0.1) is 0 Å². The fourth-order valence-corrected chi connectivity index (χ4v) is 2.67. The Hall–Kier alpha value is -1.61. The average molecular weight is 241 g/mol. The molecule has 1 aromatic carbocycles. The molecule has 0 bridgehead atoms. The molecule has 2 aromatic rings. The van der Waals surface area contributed by atoms with Crippen molar-refractivity contribution in [3.63, 3.8) is 0 Å². The van der Waals surface area contributed by atoms with Gasteiger partial charge in [0.25, 0.3) is 0 Å². The quantitative estimate of drug-likeness (QED) is 0.876. The standard InChI is InChI=1S/C15H19N3/c1-11-3-4-12(2)14(9-11)15-17-7-8-18(15)13-5-6-16-10-13/h3-4,7-9,13,16H,5-6,10H2,1-2H3. The third kappa shape index (κ3) is 1.95. The number of hydrogen-bond acceptors (Lipinski definition) is 2. The summed E-state index contributed by atoms with van der Waals surface area (Å²) in [6, 6.07) is 7.11. The monoisotopic (exact) mass is 241 g/mol. The highest BCUT2D eigenvalue weighted by Crippen LogP contribution is 2.27. The second kappa shape index (κ2) is 4.58. The van der Waals surface area contributed by atoms with Crippen LogP contribution in [-0.4, -0.2) is 22.6 Å². The molecule has 1 unspecified atom stereocenters. The first-order chi connectivity index (χ1) is 8.75. The van der Waals surface area contributed by atoms with Crippen molar-refractivity contribution in [1.29, 1.82) is 0 Å². The Morgan fingerprint density at radius 3 is 3.00 bits per heavy atom. The van der Waals surface area contributed by atoms with Gasteiger partial charge in [-0.1, -0.05) is 17.7 Å². The van der Waals surface area contributed by atoms with Crippen molar-refractivity contribution in [3.8, 4) is 11.4 Å². The molecule has 0 amide bonds. The first-order valence-corrected chi connectivity index (χ1v) is 6.57. The Morgan fingerprint density at radius 1 is 1.33 bits per heavy atom.